The maximum absolute atomic E-state index is 13.6. The van der Waals surface area contributed by atoms with E-state index in [1.165, 1.54) is 12.1 Å². The number of allylic oxidation sites excluding steroid dienone is 1. The van der Waals surface area contributed by atoms with E-state index >= 15 is 0 Å². The molecule has 0 aliphatic carbocycles. The maximum Gasteiger partial charge on any atom is 0.258 e. The van der Waals surface area contributed by atoms with Crippen LogP contribution in [-0.2, 0) is 0 Å². The molecule has 29 heavy (non-hydrogen) atoms. The summed E-state index contributed by atoms with van der Waals surface area (Å²) in [5.74, 6) is 0.309. The highest BCUT2D eigenvalue weighted by atomic mass is 35.5. The van der Waals surface area contributed by atoms with Crippen molar-refractivity contribution in [1.29, 1.82) is 0 Å². The summed E-state index contributed by atoms with van der Waals surface area (Å²) in [7, 11) is 0. The first-order valence-corrected chi connectivity index (χ1v) is 9.91. The maximum atomic E-state index is 13.6. The summed E-state index contributed by atoms with van der Waals surface area (Å²) in [6.45, 7) is 4.67. The van der Waals surface area contributed by atoms with Gasteiger partial charge >= 0.3 is 0 Å². The molecule has 5 nitrogen and oxygen atoms in total. The number of thiocarbonyl (C=S) groups is 1. The molecule has 1 unspecified atom stereocenters. The topological polar surface area (TPSA) is 54.2 Å². The van der Waals surface area contributed by atoms with E-state index in [2.05, 4.69) is 15.5 Å². The van der Waals surface area contributed by atoms with Gasteiger partial charge in [0.2, 0.25) is 5.82 Å². The number of nitrogens with one attached hydrogen (secondary N) is 1. The van der Waals surface area contributed by atoms with Crippen molar-refractivity contribution in [2.45, 2.75) is 19.9 Å². The van der Waals surface area contributed by atoms with Crippen LogP contribution in [0.4, 0.5) is 4.39 Å². The summed E-state index contributed by atoms with van der Waals surface area (Å²) in [5.41, 5.74) is 3.19. The molecule has 0 saturated heterocycles. The quantitative estimate of drug-likeness (QED) is 0.575. The van der Waals surface area contributed by atoms with Gasteiger partial charge in [0.15, 0.2) is 5.11 Å². The molecule has 1 atom stereocenters. The van der Waals surface area contributed by atoms with Crippen LogP contribution in [0.5, 0.6) is 0 Å². The largest absolute Gasteiger partial charge is 0.351 e. The van der Waals surface area contributed by atoms with Gasteiger partial charge in [-0.3, -0.25) is 0 Å². The monoisotopic (exact) mass is 428 g/mol. The normalized spacial score (nSPS) is 16.9. The SMILES string of the molecule is CCN1C(=S)NC(c2cccc(Cl)c2)C(c2nc(-c3cccc(F)c3)no2)=C1C. The molecule has 0 radical (unpaired) electrons. The van der Waals surface area contributed by atoms with Gasteiger partial charge in [-0.2, -0.15) is 4.98 Å². The number of aromatic nitrogens is 2. The van der Waals surface area contributed by atoms with E-state index in [4.69, 9.17) is 28.3 Å². The Labute approximate surface area is 178 Å². The number of hydrogen-bond donors (Lipinski definition) is 1. The lowest BCUT2D eigenvalue weighted by atomic mass is 9.95. The van der Waals surface area contributed by atoms with Crippen molar-refractivity contribution in [3.63, 3.8) is 0 Å². The summed E-state index contributed by atoms with van der Waals surface area (Å²) in [4.78, 5) is 6.51. The van der Waals surface area contributed by atoms with Gasteiger partial charge in [-0.25, -0.2) is 4.39 Å². The number of hydrogen-bond acceptors (Lipinski definition) is 4. The molecule has 0 amide bonds. The van der Waals surface area contributed by atoms with Crippen molar-refractivity contribution in [3.05, 3.63) is 76.5 Å². The molecule has 4 rings (SSSR count). The van der Waals surface area contributed by atoms with Crippen LogP contribution in [0.15, 0.2) is 58.8 Å². The molecule has 0 fully saturated rings. The molecule has 2 heterocycles. The minimum absolute atomic E-state index is 0.301. The van der Waals surface area contributed by atoms with Gasteiger partial charge < -0.3 is 14.7 Å². The van der Waals surface area contributed by atoms with E-state index in [-0.39, 0.29) is 11.9 Å². The van der Waals surface area contributed by atoms with Crippen LogP contribution in [0.2, 0.25) is 5.02 Å². The lowest BCUT2D eigenvalue weighted by Gasteiger charge is -2.36. The molecule has 2 aromatic carbocycles. The van der Waals surface area contributed by atoms with E-state index in [9.17, 15) is 4.39 Å². The summed E-state index contributed by atoms with van der Waals surface area (Å²) in [5, 5.41) is 8.65. The Morgan fingerprint density at radius 3 is 2.76 bits per heavy atom. The molecular formula is C21H18ClFN4OS. The first-order chi connectivity index (χ1) is 14.0. The fraction of sp³-hybridized carbons (Fsp3) is 0.190. The van der Waals surface area contributed by atoms with E-state index in [1.54, 1.807) is 12.1 Å². The lowest BCUT2D eigenvalue weighted by molar-refractivity contribution is 0.398. The minimum Gasteiger partial charge on any atom is -0.351 e. The second-order valence-electron chi connectivity index (χ2n) is 6.61. The zero-order valence-corrected chi connectivity index (χ0v) is 17.4. The van der Waals surface area contributed by atoms with Crippen LogP contribution in [-0.4, -0.2) is 26.7 Å². The predicted octanol–water partition coefficient (Wildman–Crippen LogP) is 5.21. The van der Waals surface area contributed by atoms with Crippen molar-refractivity contribution >= 4 is 34.5 Å². The molecule has 3 aromatic rings. The molecule has 1 N–H and O–H groups in total. The van der Waals surface area contributed by atoms with Crippen LogP contribution in [0.1, 0.15) is 31.3 Å². The van der Waals surface area contributed by atoms with Gasteiger partial charge in [0, 0.05) is 22.8 Å². The molecule has 1 aliphatic heterocycles. The van der Waals surface area contributed by atoms with Gasteiger partial charge in [-0.1, -0.05) is 41.0 Å². The van der Waals surface area contributed by atoms with Gasteiger partial charge in [-0.05, 0) is 55.9 Å². The van der Waals surface area contributed by atoms with Crippen molar-refractivity contribution in [2.24, 2.45) is 0 Å². The van der Waals surface area contributed by atoms with Crippen molar-refractivity contribution in [3.8, 4) is 11.4 Å². The van der Waals surface area contributed by atoms with Gasteiger partial charge in [0.25, 0.3) is 5.89 Å². The summed E-state index contributed by atoms with van der Waals surface area (Å²) in [6, 6.07) is 13.3. The van der Waals surface area contributed by atoms with Gasteiger partial charge in [-0.15, -0.1) is 0 Å². The molecule has 0 bridgehead atoms. The van der Waals surface area contributed by atoms with Crippen molar-refractivity contribution in [2.75, 3.05) is 6.54 Å². The molecule has 1 aromatic heterocycles. The zero-order valence-electron chi connectivity index (χ0n) is 15.8. The Morgan fingerprint density at radius 2 is 2.03 bits per heavy atom. The number of nitrogens with zero attached hydrogens (tertiary/aromatic N) is 3. The van der Waals surface area contributed by atoms with Crippen LogP contribution < -0.4 is 5.32 Å². The summed E-state index contributed by atoms with van der Waals surface area (Å²) >= 11 is 11.8. The lowest BCUT2D eigenvalue weighted by Crippen LogP contribution is -2.45. The Balaban J connectivity index is 1.83. The third kappa shape index (κ3) is 3.75. The standard InChI is InChI=1S/C21H18ClFN4OS/c1-3-27-12(2)17(18(24-21(27)29)13-6-4-8-15(22)10-13)20-25-19(26-28-20)14-7-5-9-16(23)11-14/h4-11,18H,3H2,1-2H3,(H,24,29). The van der Waals surface area contributed by atoms with Crippen LogP contribution in [0.3, 0.4) is 0 Å². The van der Waals surface area contributed by atoms with Crippen LogP contribution in [0.25, 0.3) is 17.0 Å². The predicted molar refractivity (Wildman–Crippen MR) is 115 cm³/mol. The Hall–Kier alpha value is -2.77. The fourth-order valence-electron chi connectivity index (χ4n) is 3.45. The highest BCUT2D eigenvalue weighted by Crippen LogP contribution is 2.37. The van der Waals surface area contributed by atoms with Crippen LogP contribution >= 0.6 is 23.8 Å². The molecular weight excluding hydrogens is 411 g/mol. The second kappa shape index (κ2) is 7.93. The smallest absolute Gasteiger partial charge is 0.258 e. The highest BCUT2D eigenvalue weighted by Gasteiger charge is 2.33. The Kier molecular flexibility index (Phi) is 5.34. The van der Waals surface area contributed by atoms with Crippen LogP contribution in [0, 0.1) is 5.82 Å². The minimum atomic E-state index is -0.358. The van der Waals surface area contributed by atoms with E-state index in [0.29, 0.717) is 34.0 Å². The third-order valence-electron chi connectivity index (χ3n) is 4.83. The fourth-order valence-corrected chi connectivity index (χ4v) is 4.04. The first kappa shape index (κ1) is 19.5. The molecule has 0 saturated carbocycles. The number of rotatable bonds is 4. The highest BCUT2D eigenvalue weighted by molar-refractivity contribution is 7.80. The van der Waals surface area contributed by atoms with Crippen molar-refractivity contribution < 1.29 is 8.91 Å². The van der Waals surface area contributed by atoms with Crippen molar-refractivity contribution in [1.82, 2.24) is 20.4 Å². The summed E-state index contributed by atoms with van der Waals surface area (Å²) in [6.07, 6.45) is 0. The Bertz CT molecular complexity index is 1110. The number of benzene rings is 2. The number of halogens is 2. The van der Waals surface area contributed by atoms with Gasteiger partial charge in [0.1, 0.15) is 5.82 Å². The van der Waals surface area contributed by atoms with E-state index in [0.717, 1.165) is 16.8 Å². The summed E-state index contributed by atoms with van der Waals surface area (Å²) < 4.78 is 19.2. The first-order valence-electron chi connectivity index (χ1n) is 9.12. The molecule has 8 heteroatoms. The average molecular weight is 429 g/mol. The van der Waals surface area contributed by atoms with E-state index < -0.39 is 0 Å². The molecule has 0 spiro atoms. The second-order valence-corrected chi connectivity index (χ2v) is 7.44. The van der Waals surface area contributed by atoms with E-state index in [1.807, 2.05) is 43.0 Å². The zero-order chi connectivity index (χ0) is 20.5. The Morgan fingerprint density at radius 1 is 1.24 bits per heavy atom. The van der Waals surface area contributed by atoms with Gasteiger partial charge in [0.05, 0.1) is 11.6 Å². The third-order valence-corrected chi connectivity index (χ3v) is 5.41. The average Bonchev–Trinajstić information content (AvgIpc) is 3.17. The molecule has 1 aliphatic rings. The molecule has 148 valence electrons.